The number of halogens is 1. The van der Waals surface area contributed by atoms with Gasteiger partial charge in [0.1, 0.15) is 5.82 Å². The van der Waals surface area contributed by atoms with Crippen LogP contribution in [-0.4, -0.2) is 53.4 Å². The highest BCUT2D eigenvalue weighted by molar-refractivity contribution is 5.73. The van der Waals surface area contributed by atoms with E-state index in [2.05, 4.69) is 15.2 Å². The number of carbonyl (C=O) groups is 1. The predicted molar refractivity (Wildman–Crippen MR) is 101 cm³/mol. The van der Waals surface area contributed by atoms with Crippen LogP contribution in [-0.2, 0) is 11.2 Å². The minimum absolute atomic E-state index is 0.135. The number of nitrogens with one attached hydrogen (secondary N) is 1. The van der Waals surface area contributed by atoms with Crippen molar-refractivity contribution in [2.75, 3.05) is 38.0 Å². The molecule has 1 aliphatic heterocycles. The van der Waals surface area contributed by atoms with Crippen LogP contribution in [0, 0.1) is 12.7 Å². The van der Waals surface area contributed by atoms with E-state index in [-0.39, 0.29) is 11.7 Å². The van der Waals surface area contributed by atoms with Gasteiger partial charge in [0.25, 0.3) is 0 Å². The van der Waals surface area contributed by atoms with Crippen molar-refractivity contribution in [2.24, 2.45) is 0 Å². The number of hydrogen-bond acceptors (Lipinski definition) is 4. The average Bonchev–Trinajstić information content (AvgIpc) is 2.62. The van der Waals surface area contributed by atoms with Crippen LogP contribution in [0.1, 0.15) is 18.2 Å². The van der Waals surface area contributed by atoms with E-state index < -0.39 is 0 Å². The maximum atomic E-state index is 14.0. The lowest BCUT2D eigenvalue weighted by atomic mass is 10.1. The molecular formula is C20H25FN4O. The molecule has 0 bridgehead atoms. The topological polar surface area (TPSA) is 48.5 Å². The summed E-state index contributed by atoms with van der Waals surface area (Å²) < 4.78 is 14.0. The maximum absolute atomic E-state index is 14.0. The number of rotatable bonds is 5. The molecule has 1 aromatic heterocycles. The number of anilines is 2. The van der Waals surface area contributed by atoms with E-state index in [0.717, 1.165) is 61.8 Å². The van der Waals surface area contributed by atoms with Crippen LogP contribution in [0.2, 0.25) is 0 Å². The first-order valence-corrected chi connectivity index (χ1v) is 8.96. The van der Waals surface area contributed by atoms with Crippen LogP contribution < -0.4 is 5.32 Å². The van der Waals surface area contributed by atoms with Crippen LogP contribution >= 0.6 is 0 Å². The summed E-state index contributed by atoms with van der Waals surface area (Å²) in [5, 5.41) is 3.21. The molecule has 2 heterocycles. The van der Waals surface area contributed by atoms with Gasteiger partial charge < -0.3 is 10.2 Å². The van der Waals surface area contributed by atoms with Crippen LogP contribution in [0.15, 0.2) is 36.5 Å². The van der Waals surface area contributed by atoms with Gasteiger partial charge in [0.15, 0.2) is 0 Å². The van der Waals surface area contributed by atoms with Crippen molar-refractivity contribution in [3.63, 3.8) is 0 Å². The first-order chi connectivity index (χ1) is 12.5. The van der Waals surface area contributed by atoms with Gasteiger partial charge in [-0.2, -0.15) is 0 Å². The van der Waals surface area contributed by atoms with Crippen LogP contribution in [0.4, 0.5) is 15.8 Å². The van der Waals surface area contributed by atoms with Crippen molar-refractivity contribution >= 4 is 17.3 Å². The first-order valence-electron chi connectivity index (χ1n) is 8.96. The fourth-order valence-corrected chi connectivity index (χ4v) is 3.15. The lowest BCUT2D eigenvalue weighted by Gasteiger charge is -2.34. The van der Waals surface area contributed by atoms with Crippen molar-refractivity contribution in [2.45, 2.75) is 20.3 Å². The fraction of sp³-hybridized carbons (Fsp3) is 0.400. The fourth-order valence-electron chi connectivity index (χ4n) is 3.15. The molecule has 1 aliphatic rings. The molecule has 1 fully saturated rings. The number of amides is 1. The largest absolute Gasteiger partial charge is 0.354 e. The second-order valence-corrected chi connectivity index (χ2v) is 6.76. The Morgan fingerprint density at radius 1 is 1.15 bits per heavy atom. The number of hydrogen-bond donors (Lipinski definition) is 1. The second-order valence-electron chi connectivity index (χ2n) is 6.76. The molecule has 1 aromatic carbocycles. The normalized spacial score (nSPS) is 15.1. The van der Waals surface area contributed by atoms with Gasteiger partial charge in [0, 0.05) is 51.0 Å². The monoisotopic (exact) mass is 356 g/mol. The smallest absolute Gasteiger partial charge is 0.219 e. The van der Waals surface area contributed by atoms with Gasteiger partial charge in [-0.1, -0.05) is 0 Å². The summed E-state index contributed by atoms with van der Waals surface area (Å²) in [6.07, 6.45) is 2.52. The van der Waals surface area contributed by atoms with Gasteiger partial charge in [-0.25, -0.2) is 4.39 Å². The SMILES string of the molecule is CC(=O)N1CCN(CCc2cc(F)cc(Nc3ccc(C)nc3)c2)CC1. The van der Waals surface area contributed by atoms with Gasteiger partial charge in [-0.05, 0) is 49.2 Å². The van der Waals surface area contributed by atoms with Crippen molar-refractivity contribution in [1.29, 1.82) is 0 Å². The van der Waals surface area contributed by atoms with Crippen LogP contribution in [0.5, 0.6) is 0 Å². The number of aromatic nitrogens is 1. The van der Waals surface area contributed by atoms with Crippen LogP contribution in [0.25, 0.3) is 0 Å². The zero-order valence-corrected chi connectivity index (χ0v) is 15.3. The van der Waals surface area contributed by atoms with Crippen LogP contribution in [0.3, 0.4) is 0 Å². The zero-order chi connectivity index (χ0) is 18.5. The Labute approximate surface area is 153 Å². The van der Waals surface area contributed by atoms with Gasteiger partial charge in [0.05, 0.1) is 11.9 Å². The maximum Gasteiger partial charge on any atom is 0.219 e. The highest BCUT2D eigenvalue weighted by Gasteiger charge is 2.18. The van der Waals surface area contributed by atoms with E-state index in [1.54, 1.807) is 19.2 Å². The molecule has 0 radical (unpaired) electrons. The highest BCUT2D eigenvalue weighted by Crippen LogP contribution is 2.20. The summed E-state index contributed by atoms with van der Waals surface area (Å²) in [4.78, 5) is 19.8. The molecule has 1 amide bonds. The Morgan fingerprint density at radius 3 is 2.58 bits per heavy atom. The minimum atomic E-state index is -0.244. The molecule has 0 unspecified atom stereocenters. The predicted octanol–water partition coefficient (Wildman–Crippen LogP) is 2.98. The number of nitrogens with zero attached hydrogens (tertiary/aromatic N) is 3. The van der Waals surface area contributed by atoms with Gasteiger partial charge in [-0.15, -0.1) is 0 Å². The van der Waals surface area contributed by atoms with Crippen molar-refractivity contribution in [1.82, 2.24) is 14.8 Å². The third kappa shape index (κ3) is 5.02. The van der Waals surface area contributed by atoms with Gasteiger partial charge in [-0.3, -0.25) is 14.7 Å². The number of carbonyl (C=O) groups excluding carboxylic acids is 1. The van der Waals surface area contributed by atoms with Crippen molar-refractivity contribution < 1.29 is 9.18 Å². The molecule has 138 valence electrons. The number of aryl methyl sites for hydroxylation is 1. The van der Waals surface area contributed by atoms with E-state index in [1.165, 1.54) is 6.07 Å². The molecule has 0 aliphatic carbocycles. The molecule has 26 heavy (non-hydrogen) atoms. The van der Waals surface area contributed by atoms with E-state index in [1.807, 2.05) is 30.0 Å². The minimum Gasteiger partial charge on any atom is -0.354 e. The molecule has 0 saturated carbocycles. The van der Waals surface area contributed by atoms with E-state index in [4.69, 9.17) is 0 Å². The summed E-state index contributed by atoms with van der Waals surface area (Å²) in [6, 6.07) is 8.92. The Bertz CT molecular complexity index is 755. The Morgan fingerprint density at radius 2 is 1.92 bits per heavy atom. The molecule has 0 atom stereocenters. The zero-order valence-electron chi connectivity index (χ0n) is 15.3. The molecule has 1 saturated heterocycles. The van der Waals surface area contributed by atoms with Gasteiger partial charge >= 0.3 is 0 Å². The molecule has 6 heteroatoms. The Kier molecular flexibility index (Phi) is 5.83. The molecule has 0 spiro atoms. The van der Waals surface area contributed by atoms with E-state index in [0.29, 0.717) is 0 Å². The summed E-state index contributed by atoms with van der Waals surface area (Å²) in [5.41, 5.74) is 3.47. The third-order valence-electron chi connectivity index (χ3n) is 4.69. The van der Waals surface area contributed by atoms with Crippen molar-refractivity contribution in [3.05, 3.63) is 53.6 Å². The van der Waals surface area contributed by atoms with Crippen molar-refractivity contribution in [3.8, 4) is 0 Å². The number of benzene rings is 1. The first kappa shape index (κ1) is 18.3. The van der Waals surface area contributed by atoms with Gasteiger partial charge in [0.2, 0.25) is 5.91 Å². The molecule has 1 N–H and O–H groups in total. The number of pyridine rings is 1. The summed E-state index contributed by atoms with van der Waals surface area (Å²) in [7, 11) is 0. The Hall–Kier alpha value is -2.47. The average molecular weight is 356 g/mol. The highest BCUT2D eigenvalue weighted by atomic mass is 19.1. The second kappa shape index (κ2) is 8.27. The molecule has 3 rings (SSSR count). The lowest BCUT2D eigenvalue weighted by Crippen LogP contribution is -2.48. The molecule has 5 nitrogen and oxygen atoms in total. The van der Waals surface area contributed by atoms with E-state index in [9.17, 15) is 9.18 Å². The molecule has 2 aromatic rings. The summed E-state index contributed by atoms with van der Waals surface area (Å²) in [6.45, 7) is 7.68. The summed E-state index contributed by atoms with van der Waals surface area (Å²) >= 11 is 0. The lowest BCUT2D eigenvalue weighted by molar-refractivity contribution is -0.130. The van der Waals surface area contributed by atoms with E-state index >= 15 is 0 Å². The number of piperazine rings is 1. The summed E-state index contributed by atoms with van der Waals surface area (Å²) in [5.74, 6) is -0.109. The molecular weight excluding hydrogens is 331 g/mol. The third-order valence-corrected chi connectivity index (χ3v) is 4.69. The standard InChI is InChI=1S/C20H25FN4O/c1-15-3-4-19(14-22-15)23-20-12-17(11-18(21)13-20)5-6-24-7-9-25(10-8-24)16(2)26/h3-4,11-14,23H,5-10H2,1-2H3. The quantitative estimate of drug-likeness (QED) is 0.895. The Balaban J connectivity index is 1.57.